The molecular weight excluding hydrogens is 300 g/mol. The second-order valence-corrected chi connectivity index (χ2v) is 5.60. The molecule has 0 aliphatic carbocycles. The highest BCUT2D eigenvalue weighted by Gasteiger charge is 2.12. The Hall–Kier alpha value is -3.47. The number of carbonyl (C=O) groups is 1. The monoisotopic (exact) mass is 314 g/mol. The number of primary amides is 1. The molecule has 24 heavy (non-hydrogen) atoms. The van der Waals surface area contributed by atoms with Gasteiger partial charge in [0.1, 0.15) is 0 Å². The number of pyridine rings is 2. The summed E-state index contributed by atoms with van der Waals surface area (Å²) in [5.74, 6) is -0.476. The Morgan fingerprint density at radius 2 is 1.83 bits per heavy atom. The molecule has 0 fully saturated rings. The van der Waals surface area contributed by atoms with E-state index in [4.69, 9.17) is 16.5 Å². The molecule has 2 aromatic heterocycles. The summed E-state index contributed by atoms with van der Waals surface area (Å²) in [4.78, 5) is 20.5. The summed E-state index contributed by atoms with van der Waals surface area (Å²) in [6.45, 7) is 0. The fourth-order valence-electron chi connectivity index (χ4n) is 2.91. The first-order valence-electron chi connectivity index (χ1n) is 7.47. The molecule has 0 unspecified atom stereocenters. The third-order valence-electron chi connectivity index (χ3n) is 4.04. The van der Waals surface area contributed by atoms with Gasteiger partial charge in [-0.05, 0) is 30.3 Å². The van der Waals surface area contributed by atoms with Crippen molar-refractivity contribution in [3.05, 3.63) is 66.5 Å². The van der Waals surface area contributed by atoms with Crippen LogP contribution in [0.15, 0.2) is 60.9 Å². The predicted molar refractivity (Wildman–Crippen MR) is 95.4 cm³/mol. The molecule has 0 atom stereocenters. The quantitative estimate of drug-likeness (QED) is 0.439. The molecule has 1 amide bonds. The smallest absolute Gasteiger partial charge is 0.248 e. The molecule has 0 radical (unpaired) electrons. The van der Waals surface area contributed by atoms with Gasteiger partial charge in [0.25, 0.3) is 0 Å². The molecule has 0 aliphatic rings. The summed E-state index contributed by atoms with van der Waals surface area (Å²) in [6, 6.07) is 14.8. The first-order chi connectivity index (χ1) is 11.6. The Balaban J connectivity index is 2.12. The van der Waals surface area contributed by atoms with Gasteiger partial charge in [-0.2, -0.15) is 0 Å². The van der Waals surface area contributed by atoms with Crippen LogP contribution in [0.4, 0.5) is 5.69 Å². The van der Waals surface area contributed by atoms with E-state index in [0.29, 0.717) is 16.8 Å². The summed E-state index contributed by atoms with van der Waals surface area (Å²) < 4.78 is 0. The van der Waals surface area contributed by atoms with Gasteiger partial charge in [0.2, 0.25) is 5.91 Å². The van der Waals surface area contributed by atoms with Crippen LogP contribution in [0.2, 0.25) is 0 Å². The molecule has 4 N–H and O–H groups in total. The molecule has 2 heterocycles. The standard InChI is InChI=1S/C19H14N4O/c20-13-3-1-2-11(8-13)18-15-6-7-22-10-16(15)14-5-4-12(19(21)24)9-17(14)23-18/h1-10H,20H2,(H2,21,24). The molecule has 0 saturated carbocycles. The van der Waals surface area contributed by atoms with Gasteiger partial charge in [-0.1, -0.05) is 18.2 Å². The van der Waals surface area contributed by atoms with Crippen LogP contribution in [0.3, 0.4) is 0 Å². The molecular formula is C19H14N4O. The summed E-state index contributed by atoms with van der Waals surface area (Å²) in [5, 5.41) is 2.88. The minimum absolute atomic E-state index is 0.428. The van der Waals surface area contributed by atoms with Crippen molar-refractivity contribution in [3.8, 4) is 11.3 Å². The third kappa shape index (κ3) is 2.23. The van der Waals surface area contributed by atoms with Crippen molar-refractivity contribution in [2.45, 2.75) is 0 Å². The average molecular weight is 314 g/mol. The molecule has 5 heteroatoms. The third-order valence-corrected chi connectivity index (χ3v) is 4.04. The summed E-state index contributed by atoms with van der Waals surface area (Å²) in [6.07, 6.45) is 3.54. The van der Waals surface area contributed by atoms with E-state index in [1.807, 2.05) is 36.4 Å². The lowest BCUT2D eigenvalue weighted by Gasteiger charge is -2.10. The topological polar surface area (TPSA) is 94.9 Å². The van der Waals surface area contributed by atoms with Gasteiger partial charge in [0, 0.05) is 45.4 Å². The summed E-state index contributed by atoms with van der Waals surface area (Å²) in [7, 11) is 0. The van der Waals surface area contributed by atoms with Gasteiger partial charge in [-0.15, -0.1) is 0 Å². The minimum atomic E-state index is -0.476. The molecule has 4 rings (SSSR count). The number of fused-ring (bicyclic) bond motifs is 3. The number of hydrogen-bond acceptors (Lipinski definition) is 4. The number of anilines is 1. The van der Waals surface area contributed by atoms with E-state index in [1.54, 1.807) is 24.5 Å². The Morgan fingerprint density at radius 3 is 2.62 bits per heavy atom. The second-order valence-electron chi connectivity index (χ2n) is 5.60. The van der Waals surface area contributed by atoms with E-state index < -0.39 is 5.91 Å². The Bertz CT molecular complexity index is 1100. The average Bonchev–Trinajstić information content (AvgIpc) is 2.60. The predicted octanol–water partition coefficient (Wildman–Crippen LogP) is 3.13. The number of amides is 1. The molecule has 5 nitrogen and oxygen atoms in total. The molecule has 116 valence electrons. The SMILES string of the molecule is NC(=O)c1ccc2c(c1)nc(-c1cccc(N)c1)c1ccncc12. The van der Waals surface area contributed by atoms with E-state index in [1.165, 1.54) is 0 Å². The van der Waals surface area contributed by atoms with E-state index in [9.17, 15) is 4.79 Å². The maximum atomic E-state index is 11.5. The fourth-order valence-corrected chi connectivity index (χ4v) is 2.91. The highest BCUT2D eigenvalue weighted by atomic mass is 16.1. The zero-order valence-corrected chi connectivity index (χ0v) is 12.7. The Labute approximate surface area is 137 Å². The van der Waals surface area contributed by atoms with Crippen molar-refractivity contribution < 1.29 is 4.79 Å². The number of benzene rings is 2. The van der Waals surface area contributed by atoms with Gasteiger partial charge in [0.15, 0.2) is 0 Å². The lowest BCUT2D eigenvalue weighted by atomic mass is 10.0. The molecule has 0 bridgehead atoms. The number of rotatable bonds is 2. The first kappa shape index (κ1) is 14.1. The van der Waals surface area contributed by atoms with Crippen molar-refractivity contribution in [3.63, 3.8) is 0 Å². The molecule has 2 aromatic carbocycles. The van der Waals surface area contributed by atoms with Gasteiger partial charge in [0.05, 0.1) is 11.2 Å². The zero-order valence-electron chi connectivity index (χ0n) is 12.7. The fraction of sp³-hybridized carbons (Fsp3) is 0. The highest BCUT2D eigenvalue weighted by Crippen LogP contribution is 2.32. The lowest BCUT2D eigenvalue weighted by molar-refractivity contribution is 0.100. The van der Waals surface area contributed by atoms with Crippen LogP contribution in [0.1, 0.15) is 10.4 Å². The van der Waals surface area contributed by atoms with Crippen molar-refractivity contribution >= 4 is 33.3 Å². The second kappa shape index (κ2) is 5.31. The number of nitrogen functional groups attached to an aromatic ring is 1. The molecule has 0 saturated heterocycles. The van der Waals surface area contributed by atoms with Gasteiger partial charge < -0.3 is 11.5 Å². The molecule has 0 aliphatic heterocycles. The van der Waals surface area contributed by atoms with Crippen molar-refractivity contribution in [2.24, 2.45) is 5.73 Å². The van der Waals surface area contributed by atoms with Crippen LogP contribution < -0.4 is 11.5 Å². The zero-order chi connectivity index (χ0) is 16.7. The van der Waals surface area contributed by atoms with E-state index in [0.717, 1.165) is 27.4 Å². The van der Waals surface area contributed by atoms with E-state index >= 15 is 0 Å². The van der Waals surface area contributed by atoms with Crippen LogP contribution in [0.25, 0.3) is 32.9 Å². The molecule has 4 aromatic rings. The van der Waals surface area contributed by atoms with Crippen LogP contribution in [-0.2, 0) is 0 Å². The lowest BCUT2D eigenvalue weighted by Crippen LogP contribution is -2.10. The maximum Gasteiger partial charge on any atom is 0.248 e. The van der Waals surface area contributed by atoms with Crippen LogP contribution in [0, 0.1) is 0 Å². The van der Waals surface area contributed by atoms with E-state index in [-0.39, 0.29) is 0 Å². The number of carbonyl (C=O) groups excluding carboxylic acids is 1. The van der Waals surface area contributed by atoms with Crippen molar-refractivity contribution in [2.75, 3.05) is 5.73 Å². The number of nitrogens with zero attached hydrogens (tertiary/aromatic N) is 2. The Kier molecular flexibility index (Phi) is 3.13. The van der Waals surface area contributed by atoms with Gasteiger partial charge in [-0.3, -0.25) is 9.78 Å². The number of aromatic nitrogens is 2. The van der Waals surface area contributed by atoms with Crippen molar-refractivity contribution in [1.82, 2.24) is 9.97 Å². The largest absolute Gasteiger partial charge is 0.399 e. The minimum Gasteiger partial charge on any atom is -0.399 e. The van der Waals surface area contributed by atoms with Crippen LogP contribution in [-0.4, -0.2) is 15.9 Å². The molecule has 0 spiro atoms. The van der Waals surface area contributed by atoms with Crippen LogP contribution >= 0.6 is 0 Å². The first-order valence-corrected chi connectivity index (χ1v) is 7.47. The summed E-state index contributed by atoms with van der Waals surface area (Å²) in [5.41, 5.74) is 14.8. The maximum absolute atomic E-state index is 11.5. The normalized spacial score (nSPS) is 11.0. The number of hydrogen-bond donors (Lipinski definition) is 2. The van der Waals surface area contributed by atoms with Crippen molar-refractivity contribution in [1.29, 1.82) is 0 Å². The Morgan fingerprint density at radius 1 is 0.958 bits per heavy atom. The number of nitrogens with two attached hydrogens (primary N) is 2. The van der Waals surface area contributed by atoms with E-state index in [2.05, 4.69) is 4.98 Å². The van der Waals surface area contributed by atoms with Crippen LogP contribution in [0.5, 0.6) is 0 Å². The van der Waals surface area contributed by atoms with Gasteiger partial charge in [-0.25, -0.2) is 4.98 Å². The highest BCUT2D eigenvalue weighted by molar-refractivity contribution is 6.11. The summed E-state index contributed by atoms with van der Waals surface area (Å²) >= 11 is 0. The van der Waals surface area contributed by atoms with Gasteiger partial charge >= 0.3 is 0 Å².